The molecular formula is C20H24ClN4OS+. The Morgan fingerprint density at radius 1 is 1.41 bits per heavy atom. The second-order valence-electron chi connectivity index (χ2n) is 7.15. The minimum absolute atomic E-state index is 0.00156. The SMILES string of the molecule is CCCCNc1nc2sc3c(c2c(=O)n1-c1cccc(Cl)c1)CC[NH+](C)C3. The Morgan fingerprint density at radius 3 is 3.04 bits per heavy atom. The van der Waals surface area contributed by atoms with Crippen molar-refractivity contribution < 1.29 is 4.90 Å². The van der Waals surface area contributed by atoms with Crippen molar-refractivity contribution in [1.29, 1.82) is 0 Å². The quantitative estimate of drug-likeness (QED) is 0.644. The van der Waals surface area contributed by atoms with E-state index >= 15 is 0 Å². The van der Waals surface area contributed by atoms with Gasteiger partial charge in [0.05, 0.1) is 29.5 Å². The molecule has 4 rings (SSSR count). The number of anilines is 1. The van der Waals surface area contributed by atoms with Gasteiger partial charge in [-0.15, -0.1) is 11.3 Å². The molecule has 2 N–H and O–H groups in total. The molecular weight excluding hydrogens is 380 g/mol. The highest BCUT2D eigenvalue weighted by atomic mass is 35.5. The maximum Gasteiger partial charge on any atom is 0.268 e. The van der Waals surface area contributed by atoms with Gasteiger partial charge in [0.25, 0.3) is 5.56 Å². The summed E-state index contributed by atoms with van der Waals surface area (Å²) in [6, 6.07) is 7.41. The minimum Gasteiger partial charge on any atom is -0.355 e. The lowest BCUT2D eigenvalue weighted by atomic mass is 10.1. The number of nitrogens with one attached hydrogen (secondary N) is 2. The lowest BCUT2D eigenvalue weighted by molar-refractivity contribution is -0.895. The zero-order valence-corrected chi connectivity index (χ0v) is 17.2. The number of hydrogen-bond donors (Lipinski definition) is 2. The van der Waals surface area contributed by atoms with Crippen molar-refractivity contribution in [3.05, 3.63) is 50.1 Å². The number of unbranched alkanes of at least 4 members (excludes halogenated alkanes) is 1. The number of benzene rings is 1. The van der Waals surface area contributed by atoms with Crippen LogP contribution in [0.3, 0.4) is 0 Å². The maximum absolute atomic E-state index is 13.5. The molecule has 1 unspecified atom stereocenters. The van der Waals surface area contributed by atoms with Crippen molar-refractivity contribution in [2.75, 3.05) is 25.5 Å². The summed E-state index contributed by atoms with van der Waals surface area (Å²) in [6.07, 6.45) is 3.04. The van der Waals surface area contributed by atoms with Crippen LogP contribution in [0.5, 0.6) is 0 Å². The summed E-state index contributed by atoms with van der Waals surface area (Å²) in [7, 11) is 2.20. The average Bonchev–Trinajstić information content (AvgIpc) is 2.99. The third-order valence-corrected chi connectivity index (χ3v) is 6.41. The number of rotatable bonds is 5. The van der Waals surface area contributed by atoms with Gasteiger partial charge in [0, 0.05) is 18.0 Å². The fourth-order valence-corrected chi connectivity index (χ4v) is 5.12. The van der Waals surface area contributed by atoms with Gasteiger partial charge in [0.15, 0.2) is 0 Å². The number of nitrogens with zero attached hydrogens (tertiary/aromatic N) is 2. The van der Waals surface area contributed by atoms with Gasteiger partial charge < -0.3 is 10.2 Å². The molecule has 2 aromatic heterocycles. The molecule has 0 radical (unpaired) electrons. The summed E-state index contributed by atoms with van der Waals surface area (Å²) in [5.41, 5.74) is 1.94. The smallest absolute Gasteiger partial charge is 0.268 e. The van der Waals surface area contributed by atoms with Crippen LogP contribution in [0.4, 0.5) is 5.95 Å². The van der Waals surface area contributed by atoms with Crippen molar-refractivity contribution in [1.82, 2.24) is 9.55 Å². The number of thiophene rings is 1. The van der Waals surface area contributed by atoms with Crippen LogP contribution in [0.15, 0.2) is 29.1 Å². The molecule has 0 amide bonds. The Bertz CT molecular complexity index is 1040. The standard InChI is InChI=1S/C20H23ClN4OS/c1-3-4-9-22-20-23-18-17(15-8-10-24(2)12-16(15)27-18)19(26)25(20)14-7-5-6-13(21)11-14/h5-7,11H,3-4,8-10,12H2,1-2H3,(H,22,23)/p+1. The van der Waals surface area contributed by atoms with Crippen LogP contribution < -0.4 is 15.8 Å². The highest BCUT2D eigenvalue weighted by Crippen LogP contribution is 2.31. The average molecular weight is 404 g/mol. The van der Waals surface area contributed by atoms with E-state index in [1.165, 1.54) is 15.3 Å². The van der Waals surface area contributed by atoms with E-state index in [9.17, 15) is 4.79 Å². The summed E-state index contributed by atoms with van der Waals surface area (Å²) in [4.78, 5) is 22.0. The first-order chi connectivity index (χ1) is 13.1. The number of quaternary nitrogens is 1. The van der Waals surface area contributed by atoms with Gasteiger partial charge in [-0.3, -0.25) is 4.79 Å². The van der Waals surface area contributed by atoms with E-state index in [4.69, 9.17) is 16.6 Å². The predicted octanol–water partition coefficient (Wildman–Crippen LogP) is 2.88. The molecule has 0 bridgehead atoms. The van der Waals surface area contributed by atoms with E-state index in [1.807, 2.05) is 24.3 Å². The summed E-state index contributed by atoms with van der Waals surface area (Å²) >= 11 is 7.86. The Labute approximate surface area is 167 Å². The molecule has 27 heavy (non-hydrogen) atoms. The fourth-order valence-electron chi connectivity index (χ4n) is 3.61. The molecule has 7 heteroatoms. The summed E-state index contributed by atoms with van der Waals surface area (Å²) < 4.78 is 1.68. The van der Waals surface area contributed by atoms with E-state index in [-0.39, 0.29) is 5.56 Å². The van der Waals surface area contributed by atoms with Crippen LogP contribution in [-0.4, -0.2) is 29.7 Å². The predicted molar refractivity (Wildman–Crippen MR) is 113 cm³/mol. The van der Waals surface area contributed by atoms with E-state index in [0.29, 0.717) is 11.0 Å². The molecule has 0 aliphatic carbocycles. The highest BCUT2D eigenvalue weighted by Gasteiger charge is 2.26. The molecule has 3 aromatic rings. The molecule has 0 saturated heterocycles. The normalized spacial score (nSPS) is 16.5. The Hall–Kier alpha value is -1.89. The van der Waals surface area contributed by atoms with E-state index in [0.717, 1.165) is 54.8 Å². The van der Waals surface area contributed by atoms with Gasteiger partial charge in [0.2, 0.25) is 5.95 Å². The van der Waals surface area contributed by atoms with E-state index < -0.39 is 0 Å². The van der Waals surface area contributed by atoms with Crippen LogP contribution in [0.25, 0.3) is 15.9 Å². The van der Waals surface area contributed by atoms with Gasteiger partial charge >= 0.3 is 0 Å². The van der Waals surface area contributed by atoms with Crippen molar-refractivity contribution in [2.45, 2.75) is 32.7 Å². The highest BCUT2D eigenvalue weighted by molar-refractivity contribution is 7.18. The Balaban J connectivity index is 1.93. The monoisotopic (exact) mass is 403 g/mol. The Morgan fingerprint density at radius 2 is 2.26 bits per heavy atom. The van der Waals surface area contributed by atoms with Gasteiger partial charge in [-0.2, -0.15) is 0 Å². The molecule has 3 heterocycles. The number of aromatic nitrogens is 2. The third kappa shape index (κ3) is 3.49. The van der Waals surface area contributed by atoms with E-state index in [1.54, 1.807) is 15.9 Å². The van der Waals surface area contributed by atoms with Crippen molar-refractivity contribution in [3.63, 3.8) is 0 Å². The molecule has 0 saturated carbocycles. The van der Waals surface area contributed by atoms with Crippen LogP contribution in [0.2, 0.25) is 5.02 Å². The first-order valence-corrected chi connectivity index (χ1v) is 10.7. The zero-order valence-electron chi connectivity index (χ0n) is 15.6. The molecule has 142 valence electrons. The van der Waals surface area contributed by atoms with Crippen LogP contribution >= 0.6 is 22.9 Å². The van der Waals surface area contributed by atoms with Gasteiger partial charge in [-0.25, -0.2) is 9.55 Å². The number of fused-ring (bicyclic) bond motifs is 3. The summed E-state index contributed by atoms with van der Waals surface area (Å²) in [6.45, 7) is 4.94. The summed E-state index contributed by atoms with van der Waals surface area (Å²) in [5, 5.41) is 4.75. The molecule has 0 fully saturated rings. The van der Waals surface area contributed by atoms with E-state index in [2.05, 4.69) is 19.3 Å². The van der Waals surface area contributed by atoms with Gasteiger partial charge in [-0.1, -0.05) is 31.0 Å². The topological polar surface area (TPSA) is 51.4 Å². The van der Waals surface area contributed by atoms with Crippen molar-refractivity contribution >= 4 is 39.1 Å². The first kappa shape index (κ1) is 18.5. The number of halogens is 1. The second-order valence-corrected chi connectivity index (χ2v) is 8.67. The molecule has 0 spiro atoms. The van der Waals surface area contributed by atoms with Crippen LogP contribution in [0.1, 0.15) is 30.2 Å². The lowest BCUT2D eigenvalue weighted by Crippen LogP contribution is -3.08. The minimum atomic E-state index is -0.00156. The molecule has 1 aromatic carbocycles. The fraction of sp³-hybridized carbons (Fsp3) is 0.400. The molecule has 1 aliphatic rings. The molecule has 1 aliphatic heterocycles. The van der Waals surface area contributed by atoms with Crippen LogP contribution in [-0.2, 0) is 13.0 Å². The van der Waals surface area contributed by atoms with Crippen molar-refractivity contribution in [3.8, 4) is 5.69 Å². The van der Waals surface area contributed by atoms with Crippen molar-refractivity contribution in [2.24, 2.45) is 0 Å². The molecule has 1 atom stereocenters. The molecule has 5 nitrogen and oxygen atoms in total. The van der Waals surface area contributed by atoms with Crippen LogP contribution in [0, 0.1) is 0 Å². The number of hydrogen-bond acceptors (Lipinski definition) is 4. The largest absolute Gasteiger partial charge is 0.355 e. The number of likely N-dealkylation sites (N-methyl/N-ethyl adjacent to an activating group) is 1. The van der Waals surface area contributed by atoms with Gasteiger partial charge in [-0.05, 0) is 30.2 Å². The lowest BCUT2D eigenvalue weighted by Gasteiger charge is -2.19. The van der Waals surface area contributed by atoms with Gasteiger partial charge in [0.1, 0.15) is 11.4 Å². The zero-order chi connectivity index (χ0) is 19.0. The Kier molecular flexibility index (Phi) is 5.21. The second kappa shape index (κ2) is 7.62. The first-order valence-electron chi connectivity index (χ1n) is 9.47. The summed E-state index contributed by atoms with van der Waals surface area (Å²) in [5.74, 6) is 0.600. The maximum atomic E-state index is 13.5. The third-order valence-electron chi connectivity index (χ3n) is 5.05.